The molecule has 1 heterocycles. The first kappa shape index (κ1) is 13.9. The average Bonchev–Trinajstić information content (AvgIpc) is 2.70. The number of carbonyl (C=O) groups is 4. The van der Waals surface area contributed by atoms with Crippen LogP contribution in [0.5, 0.6) is 0 Å². The Hall–Kier alpha value is -2.12. The Morgan fingerprint density at radius 3 is 2.61 bits per heavy atom. The molecule has 1 aliphatic heterocycles. The largest absolute Gasteiger partial charge is 0.481 e. The number of rotatable bonds is 6. The van der Waals surface area contributed by atoms with Crippen LogP contribution in [-0.4, -0.2) is 40.9 Å². The predicted molar refractivity (Wildman–Crippen MR) is 59.2 cm³/mol. The van der Waals surface area contributed by atoms with Crippen LogP contribution in [-0.2, 0) is 19.2 Å². The van der Waals surface area contributed by atoms with E-state index in [4.69, 9.17) is 10.8 Å². The van der Waals surface area contributed by atoms with Crippen molar-refractivity contribution >= 4 is 23.7 Å². The highest BCUT2D eigenvalue weighted by Gasteiger charge is 2.29. The summed E-state index contributed by atoms with van der Waals surface area (Å²) in [5.41, 5.74) is 5.06. The van der Waals surface area contributed by atoms with Gasteiger partial charge in [0.25, 0.3) is 0 Å². The van der Waals surface area contributed by atoms with Gasteiger partial charge in [-0.05, 0) is 12.8 Å². The fraction of sp³-hybridized carbons (Fsp3) is 0.600. The summed E-state index contributed by atoms with van der Waals surface area (Å²) < 4.78 is 0. The van der Waals surface area contributed by atoms with E-state index in [9.17, 15) is 19.2 Å². The minimum absolute atomic E-state index is 0.0723. The van der Waals surface area contributed by atoms with Crippen LogP contribution >= 0.6 is 0 Å². The van der Waals surface area contributed by atoms with Crippen LogP contribution in [0.3, 0.4) is 0 Å². The first-order valence-corrected chi connectivity index (χ1v) is 5.51. The van der Waals surface area contributed by atoms with Crippen LogP contribution in [0.15, 0.2) is 0 Å². The second-order valence-electron chi connectivity index (χ2n) is 4.05. The Labute approximate surface area is 103 Å². The molecule has 0 aliphatic carbocycles. The van der Waals surface area contributed by atoms with Gasteiger partial charge in [0.15, 0.2) is 0 Å². The summed E-state index contributed by atoms with van der Waals surface area (Å²) in [4.78, 5) is 44.0. The summed E-state index contributed by atoms with van der Waals surface area (Å²) in [5, 5.41) is 13.3. The van der Waals surface area contributed by atoms with Crippen molar-refractivity contribution in [3.63, 3.8) is 0 Å². The Morgan fingerprint density at radius 2 is 2.17 bits per heavy atom. The molecule has 8 heteroatoms. The molecule has 2 atom stereocenters. The molecule has 0 aromatic rings. The Morgan fingerprint density at radius 1 is 1.50 bits per heavy atom. The SMILES string of the molecule is NC(=O)[C@@H](CCC(=O)O)NC(=O)[C@H]1CCC(=O)N1. The molecule has 18 heavy (non-hydrogen) atoms. The van der Waals surface area contributed by atoms with Gasteiger partial charge in [-0.2, -0.15) is 0 Å². The number of nitrogens with one attached hydrogen (secondary N) is 2. The third-order valence-electron chi connectivity index (χ3n) is 2.62. The molecular weight excluding hydrogens is 242 g/mol. The summed E-state index contributed by atoms with van der Waals surface area (Å²) in [6.07, 6.45) is 0.269. The van der Waals surface area contributed by atoms with Gasteiger partial charge in [-0.3, -0.25) is 19.2 Å². The lowest BCUT2D eigenvalue weighted by atomic mass is 10.1. The average molecular weight is 257 g/mol. The number of nitrogens with two attached hydrogens (primary N) is 1. The lowest BCUT2D eigenvalue weighted by Crippen LogP contribution is -2.50. The molecule has 0 bridgehead atoms. The maximum Gasteiger partial charge on any atom is 0.303 e. The smallest absolute Gasteiger partial charge is 0.303 e. The predicted octanol–water partition coefficient (Wildman–Crippen LogP) is -1.90. The molecule has 0 aromatic carbocycles. The highest BCUT2D eigenvalue weighted by Crippen LogP contribution is 2.07. The first-order valence-electron chi connectivity index (χ1n) is 5.51. The van der Waals surface area contributed by atoms with Crippen molar-refractivity contribution in [3.8, 4) is 0 Å². The van der Waals surface area contributed by atoms with Crippen molar-refractivity contribution in [1.29, 1.82) is 0 Å². The van der Waals surface area contributed by atoms with Crippen LogP contribution in [0, 0.1) is 0 Å². The zero-order valence-corrected chi connectivity index (χ0v) is 9.64. The maximum absolute atomic E-state index is 11.7. The molecule has 0 unspecified atom stereocenters. The quantitative estimate of drug-likeness (QED) is 0.440. The standard InChI is InChI=1S/C10H15N3O5/c11-9(17)5(2-4-8(15)16)13-10(18)6-1-3-7(14)12-6/h5-6H,1-4H2,(H2,11,17)(H,12,14)(H,13,18)(H,15,16)/t5-,6-/m1/s1. The van der Waals surface area contributed by atoms with E-state index in [-0.39, 0.29) is 25.2 Å². The molecule has 8 nitrogen and oxygen atoms in total. The van der Waals surface area contributed by atoms with Gasteiger partial charge in [0.05, 0.1) is 0 Å². The van der Waals surface area contributed by atoms with Crippen molar-refractivity contribution in [2.75, 3.05) is 0 Å². The van der Waals surface area contributed by atoms with Crippen LogP contribution in [0.1, 0.15) is 25.7 Å². The van der Waals surface area contributed by atoms with Gasteiger partial charge in [0.2, 0.25) is 17.7 Å². The Balaban J connectivity index is 2.49. The molecule has 5 N–H and O–H groups in total. The van der Waals surface area contributed by atoms with Crippen molar-refractivity contribution in [3.05, 3.63) is 0 Å². The third kappa shape index (κ3) is 4.04. The van der Waals surface area contributed by atoms with E-state index in [1.54, 1.807) is 0 Å². The zero-order valence-electron chi connectivity index (χ0n) is 9.64. The normalized spacial score (nSPS) is 20.0. The van der Waals surface area contributed by atoms with Crippen molar-refractivity contribution < 1.29 is 24.3 Å². The number of amides is 3. The van der Waals surface area contributed by atoms with Crippen molar-refractivity contribution in [2.24, 2.45) is 5.73 Å². The summed E-state index contributed by atoms with van der Waals surface area (Å²) in [6, 6.07) is -1.71. The van der Waals surface area contributed by atoms with E-state index in [1.165, 1.54) is 0 Å². The maximum atomic E-state index is 11.7. The van der Waals surface area contributed by atoms with Gasteiger partial charge in [0, 0.05) is 12.8 Å². The van der Waals surface area contributed by atoms with Crippen LogP contribution < -0.4 is 16.4 Å². The van der Waals surface area contributed by atoms with E-state index in [0.717, 1.165) is 0 Å². The minimum atomic E-state index is -1.08. The van der Waals surface area contributed by atoms with Crippen molar-refractivity contribution in [2.45, 2.75) is 37.8 Å². The summed E-state index contributed by atoms with van der Waals surface area (Å²) >= 11 is 0. The molecule has 1 saturated heterocycles. The highest BCUT2D eigenvalue weighted by atomic mass is 16.4. The number of aliphatic carboxylic acids is 1. The van der Waals surface area contributed by atoms with E-state index in [1.807, 2.05) is 0 Å². The summed E-state index contributed by atoms with van der Waals surface area (Å²) in [7, 11) is 0. The third-order valence-corrected chi connectivity index (χ3v) is 2.62. The van der Waals surface area contributed by atoms with Gasteiger partial charge >= 0.3 is 5.97 Å². The van der Waals surface area contributed by atoms with Gasteiger partial charge in [-0.1, -0.05) is 0 Å². The molecule has 3 amide bonds. The lowest BCUT2D eigenvalue weighted by Gasteiger charge is -2.17. The fourth-order valence-electron chi connectivity index (χ4n) is 1.64. The summed E-state index contributed by atoms with van der Waals surface area (Å²) in [6.45, 7) is 0. The van der Waals surface area contributed by atoms with E-state index < -0.39 is 29.9 Å². The number of carbonyl (C=O) groups excluding carboxylic acids is 3. The van der Waals surface area contributed by atoms with Crippen LogP contribution in [0.4, 0.5) is 0 Å². The molecule has 1 aliphatic rings. The first-order chi connectivity index (χ1) is 8.40. The molecule has 1 fully saturated rings. The Kier molecular flexibility index (Phi) is 4.64. The van der Waals surface area contributed by atoms with E-state index >= 15 is 0 Å². The molecular formula is C10H15N3O5. The number of carboxylic acid groups (broad SMARTS) is 1. The summed E-state index contributed by atoms with van der Waals surface area (Å²) in [5.74, 6) is -2.62. The molecule has 0 spiro atoms. The van der Waals surface area contributed by atoms with Gasteiger partial charge in [-0.15, -0.1) is 0 Å². The zero-order chi connectivity index (χ0) is 13.7. The Bertz CT molecular complexity index is 382. The van der Waals surface area contributed by atoms with Gasteiger partial charge in [-0.25, -0.2) is 0 Å². The van der Waals surface area contributed by atoms with Gasteiger partial charge in [0.1, 0.15) is 12.1 Å². The molecule has 0 radical (unpaired) electrons. The number of carboxylic acids is 1. The van der Waals surface area contributed by atoms with E-state index in [0.29, 0.717) is 6.42 Å². The van der Waals surface area contributed by atoms with Crippen LogP contribution in [0.2, 0.25) is 0 Å². The molecule has 100 valence electrons. The molecule has 0 saturated carbocycles. The lowest BCUT2D eigenvalue weighted by molar-refractivity contribution is -0.137. The number of primary amides is 1. The second-order valence-corrected chi connectivity index (χ2v) is 4.05. The van der Waals surface area contributed by atoms with Crippen molar-refractivity contribution in [1.82, 2.24) is 10.6 Å². The number of hydrogen-bond acceptors (Lipinski definition) is 4. The molecule has 1 rings (SSSR count). The monoisotopic (exact) mass is 257 g/mol. The van der Waals surface area contributed by atoms with Crippen LogP contribution in [0.25, 0.3) is 0 Å². The number of hydrogen-bond donors (Lipinski definition) is 4. The fourth-order valence-corrected chi connectivity index (χ4v) is 1.64. The minimum Gasteiger partial charge on any atom is -0.481 e. The second kappa shape index (κ2) is 5.99. The highest BCUT2D eigenvalue weighted by molar-refractivity contribution is 5.93. The topological polar surface area (TPSA) is 139 Å². The van der Waals surface area contributed by atoms with Gasteiger partial charge < -0.3 is 21.5 Å². The molecule has 0 aromatic heterocycles. The van der Waals surface area contributed by atoms with E-state index in [2.05, 4.69) is 10.6 Å².